The van der Waals surface area contributed by atoms with E-state index in [-0.39, 0.29) is 40.4 Å². The van der Waals surface area contributed by atoms with Crippen molar-refractivity contribution < 1.29 is 19.1 Å². The lowest BCUT2D eigenvalue weighted by molar-refractivity contribution is -0.149. The van der Waals surface area contributed by atoms with Gasteiger partial charge >= 0.3 is 5.97 Å². The molecular weight excluding hydrogens is 488 g/mol. The quantitative estimate of drug-likeness (QED) is 0.300. The molecule has 0 bridgehead atoms. The molecule has 1 amide bonds. The number of nitrogens with zero attached hydrogens (tertiary/aromatic N) is 1. The molecule has 6 heteroatoms. The van der Waals surface area contributed by atoms with Crippen LogP contribution in [-0.4, -0.2) is 35.4 Å². The number of hydrogen-bond donors (Lipinski definition) is 1. The molecule has 39 heavy (non-hydrogen) atoms. The minimum Gasteiger partial charge on any atom is -0.469 e. The predicted octanol–water partition coefficient (Wildman–Crippen LogP) is 6.05. The standard InChI is InChI=1S/C33H38N2O4/c1-20-27(30(37)34-25-14-22(15-25)31(38)39-6)19-35(28(20)29(36)21-10-8-7-9-11-21)26-17-23(32(2,3)4)16-24(18-26)33(5)12-13-33/h7-11,16-19,22,25H,12-15H2,1-6H3,(H,34,37)/t22-,25-. The van der Waals surface area contributed by atoms with Crippen LogP contribution in [0.1, 0.15) is 96.5 Å². The minimum atomic E-state index is -0.238. The van der Waals surface area contributed by atoms with Crippen LogP contribution >= 0.6 is 0 Å². The Morgan fingerprint density at radius 2 is 1.69 bits per heavy atom. The van der Waals surface area contributed by atoms with Crippen molar-refractivity contribution in [2.75, 3.05) is 7.11 Å². The molecule has 204 valence electrons. The molecule has 2 aromatic carbocycles. The van der Waals surface area contributed by atoms with Gasteiger partial charge in [0.05, 0.1) is 24.3 Å². The Bertz CT molecular complexity index is 1410. The second-order valence-electron chi connectivity index (χ2n) is 12.5. The van der Waals surface area contributed by atoms with E-state index in [9.17, 15) is 14.4 Å². The number of nitrogens with one attached hydrogen (secondary N) is 1. The third kappa shape index (κ3) is 5.17. The molecule has 2 saturated carbocycles. The summed E-state index contributed by atoms with van der Waals surface area (Å²) in [4.78, 5) is 39.2. The van der Waals surface area contributed by atoms with E-state index in [4.69, 9.17) is 4.74 Å². The van der Waals surface area contributed by atoms with Gasteiger partial charge in [0, 0.05) is 23.5 Å². The second-order valence-corrected chi connectivity index (χ2v) is 12.5. The normalized spacial score (nSPS) is 19.6. The number of ether oxygens (including phenoxy) is 1. The van der Waals surface area contributed by atoms with Gasteiger partial charge in [-0.15, -0.1) is 0 Å². The summed E-state index contributed by atoms with van der Waals surface area (Å²) >= 11 is 0. The van der Waals surface area contributed by atoms with Gasteiger partial charge in [-0.05, 0) is 72.3 Å². The van der Waals surface area contributed by atoms with Crippen molar-refractivity contribution in [3.63, 3.8) is 0 Å². The summed E-state index contributed by atoms with van der Waals surface area (Å²) in [7, 11) is 1.38. The van der Waals surface area contributed by atoms with E-state index in [2.05, 4.69) is 51.2 Å². The number of esters is 1. The molecule has 0 spiro atoms. The smallest absolute Gasteiger partial charge is 0.308 e. The maximum absolute atomic E-state index is 13.9. The molecule has 0 saturated heterocycles. The monoisotopic (exact) mass is 526 g/mol. The first-order valence-corrected chi connectivity index (χ1v) is 13.8. The maximum Gasteiger partial charge on any atom is 0.308 e. The number of rotatable bonds is 7. The summed E-state index contributed by atoms with van der Waals surface area (Å²) in [5, 5.41) is 3.06. The van der Waals surface area contributed by atoms with Crippen LogP contribution in [-0.2, 0) is 20.4 Å². The summed E-state index contributed by atoms with van der Waals surface area (Å²) in [6.45, 7) is 10.7. The molecule has 6 nitrogen and oxygen atoms in total. The number of benzene rings is 2. The Morgan fingerprint density at radius 1 is 1.03 bits per heavy atom. The number of carbonyl (C=O) groups is 3. The third-order valence-corrected chi connectivity index (χ3v) is 8.52. The van der Waals surface area contributed by atoms with Crippen molar-refractivity contribution in [1.82, 2.24) is 9.88 Å². The Kier molecular flexibility index (Phi) is 6.78. The van der Waals surface area contributed by atoms with Crippen LogP contribution in [0.4, 0.5) is 0 Å². The fraction of sp³-hybridized carbons (Fsp3) is 0.424. The summed E-state index contributed by atoms with van der Waals surface area (Å²) in [6, 6.07) is 15.7. The van der Waals surface area contributed by atoms with Crippen molar-refractivity contribution in [2.24, 2.45) is 5.92 Å². The van der Waals surface area contributed by atoms with Crippen LogP contribution in [0.2, 0.25) is 0 Å². The van der Waals surface area contributed by atoms with Crippen LogP contribution in [0.3, 0.4) is 0 Å². The molecule has 2 fully saturated rings. The molecule has 0 radical (unpaired) electrons. The van der Waals surface area contributed by atoms with Gasteiger partial charge in [-0.25, -0.2) is 0 Å². The molecule has 1 N–H and O–H groups in total. The summed E-state index contributed by atoms with van der Waals surface area (Å²) in [5.41, 5.74) is 5.59. The average Bonchev–Trinajstić information content (AvgIpc) is 3.55. The molecule has 0 atom stereocenters. The first kappa shape index (κ1) is 26.9. The summed E-state index contributed by atoms with van der Waals surface area (Å²) in [5.74, 6) is -0.772. The topological polar surface area (TPSA) is 77.4 Å². The summed E-state index contributed by atoms with van der Waals surface area (Å²) in [6.07, 6.45) is 5.20. The largest absolute Gasteiger partial charge is 0.469 e. The van der Waals surface area contributed by atoms with E-state index in [0.717, 1.165) is 18.5 Å². The van der Waals surface area contributed by atoms with E-state index in [1.807, 2.05) is 41.8 Å². The van der Waals surface area contributed by atoms with Crippen LogP contribution in [0.5, 0.6) is 0 Å². The fourth-order valence-corrected chi connectivity index (χ4v) is 5.40. The zero-order valence-corrected chi connectivity index (χ0v) is 23.8. The Morgan fingerprint density at radius 3 is 2.28 bits per heavy atom. The first-order valence-electron chi connectivity index (χ1n) is 13.8. The number of hydrogen-bond acceptors (Lipinski definition) is 4. The van der Waals surface area contributed by atoms with Gasteiger partial charge in [0.25, 0.3) is 5.91 Å². The van der Waals surface area contributed by atoms with Gasteiger partial charge in [-0.3, -0.25) is 14.4 Å². The highest BCUT2D eigenvalue weighted by Crippen LogP contribution is 2.49. The lowest BCUT2D eigenvalue weighted by Crippen LogP contribution is -2.47. The highest BCUT2D eigenvalue weighted by Gasteiger charge is 2.40. The van der Waals surface area contributed by atoms with Gasteiger partial charge in [0.2, 0.25) is 5.78 Å². The van der Waals surface area contributed by atoms with Gasteiger partial charge in [0.1, 0.15) is 0 Å². The molecule has 1 aromatic heterocycles. The van der Waals surface area contributed by atoms with Crippen LogP contribution in [0.15, 0.2) is 54.7 Å². The SMILES string of the molecule is COC(=O)[C@H]1C[C@H](NC(=O)c2cn(-c3cc(C(C)(C)C)cc(C4(C)CC4)c3)c(C(=O)c3ccccc3)c2C)C1. The molecule has 3 aromatic rings. The lowest BCUT2D eigenvalue weighted by Gasteiger charge is -2.33. The number of carbonyl (C=O) groups excluding carboxylic acids is 3. The van der Waals surface area contributed by atoms with E-state index >= 15 is 0 Å². The zero-order valence-electron chi connectivity index (χ0n) is 23.8. The molecule has 0 aliphatic heterocycles. The fourth-order valence-electron chi connectivity index (χ4n) is 5.40. The lowest BCUT2D eigenvalue weighted by atomic mass is 9.80. The molecule has 2 aliphatic rings. The Labute approximate surface area is 230 Å². The molecule has 2 aliphatic carbocycles. The average molecular weight is 527 g/mol. The first-order chi connectivity index (χ1) is 18.4. The minimum absolute atomic E-state index is 0.0809. The highest BCUT2D eigenvalue weighted by atomic mass is 16.5. The third-order valence-electron chi connectivity index (χ3n) is 8.52. The van der Waals surface area contributed by atoms with Crippen molar-refractivity contribution in [1.29, 1.82) is 0 Å². The predicted molar refractivity (Wildman–Crippen MR) is 152 cm³/mol. The Hall–Kier alpha value is -3.67. The number of methoxy groups -OCH3 is 1. The van der Waals surface area contributed by atoms with Gasteiger partial charge in [-0.2, -0.15) is 0 Å². The Balaban J connectivity index is 1.58. The highest BCUT2D eigenvalue weighted by molar-refractivity contribution is 6.11. The second kappa shape index (κ2) is 9.82. The van der Waals surface area contributed by atoms with E-state index < -0.39 is 0 Å². The number of ketones is 1. The maximum atomic E-state index is 13.9. The van der Waals surface area contributed by atoms with Crippen LogP contribution < -0.4 is 5.32 Å². The number of amides is 1. The zero-order chi connectivity index (χ0) is 28.1. The van der Waals surface area contributed by atoms with E-state index in [1.165, 1.54) is 18.2 Å². The van der Waals surface area contributed by atoms with Crippen molar-refractivity contribution in [3.05, 3.63) is 88.2 Å². The molecule has 0 unspecified atom stereocenters. The summed E-state index contributed by atoms with van der Waals surface area (Å²) < 4.78 is 6.73. The van der Waals surface area contributed by atoms with Crippen molar-refractivity contribution in [3.8, 4) is 5.69 Å². The van der Waals surface area contributed by atoms with Crippen LogP contribution in [0.25, 0.3) is 5.69 Å². The van der Waals surface area contributed by atoms with Gasteiger partial charge in [0.15, 0.2) is 0 Å². The van der Waals surface area contributed by atoms with Crippen molar-refractivity contribution >= 4 is 17.7 Å². The van der Waals surface area contributed by atoms with Gasteiger partial charge in [-0.1, -0.05) is 64.1 Å². The number of aromatic nitrogens is 1. The molecule has 5 rings (SSSR count). The van der Waals surface area contributed by atoms with Gasteiger partial charge < -0.3 is 14.6 Å². The molecule has 1 heterocycles. The van der Waals surface area contributed by atoms with E-state index in [1.54, 1.807) is 6.20 Å². The van der Waals surface area contributed by atoms with Crippen molar-refractivity contribution in [2.45, 2.75) is 77.2 Å². The molecular formula is C33H38N2O4. The van der Waals surface area contributed by atoms with E-state index in [0.29, 0.717) is 35.2 Å². The van der Waals surface area contributed by atoms with Crippen LogP contribution in [0, 0.1) is 12.8 Å².